The van der Waals surface area contributed by atoms with Crippen molar-refractivity contribution in [1.82, 2.24) is 0 Å². The summed E-state index contributed by atoms with van der Waals surface area (Å²) in [5, 5.41) is 0. The maximum atomic E-state index is 2.50. The molecule has 0 heterocycles. The summed E-state index contributed by atoms with van der Waals surface area (Å²) in [5.74, 6) is 2.85. The fourth-order valence-electron chi connectivity index (χ4n) is 4.96. The van der Waals surface area contributed by atoms with Crippen LogP contribution in [0.1, 0.15) is 176 Å². The molecule has 0 radical (unpaired) electrons. The minimum absolute atomic E-state index is 0.946. The van der Waals surface area contributed by atoms with Gasteiger partial charge in [0, 0.05) is 0 Å². The molecule has 30 heavy (non-hydrogen) atoms. The van der Waals surface area contributed by atoms with Crippen molar-refractivity contribution in [1.29, 1.82) is 0 Å². The van der Waals surface area contributed by atoms with Gasteiger partial charge in [-0.3, -0.25) is 0 Å². The largest absolute Gasteiger partial charge is 0.0654 e. The van der Waals surface area contributed by atoms with E-state index in [4.69, 9.17) is 0 Å². The zero-order chi connectivity index (χ0) is 22.3. The van der Waals surface area contributed by atoms with Crippen LogP contribution < -0.4 is 0 Å². The van der Waals surface area contributed by atoms with Crippen LogP contribution in [0.2, 0.25) is 0 Å². The Morgan fingerprint density at radius 2 is 0.533 bits per heavy atom. The molecule has 0 bridgehead atoms. The molecule has 0 aliphatic heterocycles. The minimum Gasteiger partial charge on any atom is -0.0654 e. The van der Waals surface area contributed by atoms with Gasteiger partial charge in [0.15, 0.2) is 0 Å². The molecule has 0 aliphatic rings. The third-order valence-electron chi connectivity index (χ3n) is 7.39. The first kappa shape index (κ1) is 30.0. The van der Waals surface area contributed by atoms with E-state index < -0.39 is 0 Å². The zero-order valence-electron chi connectivity index (χ0n) is 22.3. The topological polar surface area (TPSA) is 0 Å². The highest BCUT2D eigenvalue weighted by molar-refractivity contribution is 4.61. The number of hydrogen-bond acceptors (Lipinski definition) is 0. The first-order valence-corrected chi connectivity index (χ1v) is 14.6. The van der Waals surface area contributed by atoms with Gasteiger partial charge in [-0.25, -0.2) is 0 Å². The lowest BCUT2D eigenvalue weighted by Gasteiger charge is -2.16. The van der Waals surface area contributed by atoms with Crippen LogP contribution >= 0.6 is 0 Å². The zero-order valence-corrected chi connectivity index (χ0v) is 22.3. The van der Waals surface area contributed by atoms with E-state index in [1.165, 1.54) is 141 Å². The molecule has 2 atom stereocenters. The van der Waals surface area contributed by atoms with Crippen LogP contribution in [0, 0.1) is 17.8 Å². The highest BCUT2D eigenvalue weighted by atomic mass is 14.1. The Hall–Kier alpha value is 0. The van der Waals surface area contributed by atoms with Crippen molar-refractivity contribution in [3.05, 3.63) is 0 Å². The Kier molecular flexibility index (Phi) is 23.7. The molecule has 2 unspecified atom stereocenters. The molecule has 0 nitrogen and oxygen atoms in total. The molecule has 0 saturated heterocycles. The molecule has 0 aromatic heterocycles. The summed E-state index contributed by atoms with van der Waals surface area (Å²) in [6.07, 6.45) is 32.0. The lowest BCUT2D eigenvalue weighted by atomic mass is 9.90. The Labute approximate surface area is 193 Å². The highest BCUT2D eigenvalue weighted by Gasteiger charge is 2.08. The normalized spacial score (nSPS) is 14.7. The van der Waals surface area contributed by atoms with Crippen LogP contribution in [0.15, 0.2) is 0 Å². The lowest BCUT2D eigenvalue weighted by molar-refractivity contribution is 0.373. The van der Waals surface area contributed by atoms with Crippen molar-refractivity contribution in [2.24, 2.45) is 17.8 Å². The van der Waals surface area contributed by atoms with Crippen molar-refractivity contribution in [3.8, 4) is 0 Å². The first-order chi connectivity index (χ1) is 14.6. The maximum absolute atomic E-state index is 2.50. The van der Waals surface area contributed by atoms with Gasteiger partial charge in [0.2, 0.25) is 0 Å². The Morgan fingerprint density at radius 3 is 0.833 bits per heavy atom. The van der Waals surface area contributed by atoms with Crippen molar-refractivity contribution in [2.45, 2.75) is 176 Å². The van der Waals surface area contributed by atoms with Crippen LogP contribution in [0.3, 0.4) is 0 Å². The molecular weight excluding hydrogens is 360 g/mol. The standard InChI is InChI=1S/C30H62/c1-6-8-10-12-14-16-18-22-28(3)24-20-26-30(5)27-21-25-29(4)23-19-17-15-13-11-9-7-2/h28-30H,6-27H2,1-5H3. The van der Waals surface area contributed by atoms with E-state index in [2.05, 4.69) is 34.6 Å². The number of unbranched alkanes of at least 4 members (excludes halogenated alkanes) is 12. The van der Waals surface area contributed by atoms with Crippen LogP contribution in [-0.4, -0.2) is 0 Å². The van der Waals surface area contributed by atoms with Gasteiger partial charge in [0.25, 0.3) is 0 Å². The molecule has 0 amide bonds. The average molecular weight is 423 g/mol. The van der Waals surface area contributed by atoms with E-state index >= 15 is 0 Å². The molecule has 0 heteroatoms. The van der Waals surface area contributed by atoms with E-state index in [0.717, 1.165) is 17.8 Å². The van der Waals surface area contributed by atoms with Crippen molar-refractivity contribution in [2.75, 3.05) is 0 Å². The fraction of sp³-hybridized carbons (Fsp3) is 1.00. The van der Waals surface area contributed by atoms with Gasteiger partial charge in [0.1, 0.15) is 0 Å². The average Bonchev–Trinajstić information content (AvgIpc) is 2.72. The number of rotatable bonds is 24. The van der Waals surface area contributed by atoms with Gasteiger partial charge in [-0.2, -0.15) is 0 Å². The molecule has 0 spiro atoms. The summed E-state index contributed by atoms with van der Waals surface area (Å²) in [4.78, 5) is 0. The first-order valence-electron chi connectivity index (χ1n) is 14.6. The monoisotopic (exact) mass is 422 g/mol. The Balaban J connectivity index is 3.42. The van der Waals surface area contributed by atoms with E-state index in [-0.39, 0.29) is 0 Å². The summed E-state index contributed by atoms with van der Waals surface area (Å²) in [7, 11) is 0. The van der Waals surface area contributed by atoms with Gasteiger partial charge < -0.3 is 0 Å². The molecule has 0 rings (SSSR count). The molecule has 0 aromatic carbocycles. The summed E-state index contributed by atoms with van der Waals surface area (Å²) in [6.45, 7) is 12.1. The summed E-state index contributed by atoms with van der Waals surface area (Å²) in [6, 6.07) is 0. The maximum Gasteiger partial charge on any atom is -0.0443 e. The molecule has 0 aromatic rings. The predicted molar refractivity (Wildman–Crippen MR) is 140 cm³/mol. The predicted octanol–water partition coefficient (Wildman–Crippen LogP) is 11.5. The SMILES string of the molecule is CCCCCCCCCC(C)CCCC(C)CCCC(C)CCCCCCCCC. The van der Waals surface area contributed by atoms with Crippen molar-refractivity contribution >= 4 is 0 Å². The van der Waals surface area contributed by atoms with E-state index in [1.54, 1.807) is 0 Å². The lowest BCUT2D eigenvalue weighted by Crippen LogP contribution is -2.01. The molecule has 0 aliphatic carbocycles. The van der Waals surface area contributed by atoms with Crippen molar-refractivity contribution < 1.29 is 0 Å². The van der Waals surface area contributed by atoms with Crippen molar-refractivity contribution in [3.63, 3.8) is 0 Å². The molecule has 0 fully saturated rings. The second kappa shape index (κ2) is 23.7. The second-order valence-corrected chi connectivity index (χ2v) is 11.0. The second-order valence-electron chi connectivity index (χ2n) is 11.0. The summed E-state index contributed by atoms with van der Waals surface area (Å²) in [5.41, 5.74) is 0. The molecule has 0 saturated carbocycles. The minimum atomic E-state index is 0.946. The van der Waals surface area contributed by atoms with Crippen LogP contribution in [0.4, 0.5) is 0 Å². The third-order valence-corrected chi connectivity index (χ3v) is 7.39. The Morgan fingerprint density at radius 1 is 0.300 bits per heavy atom. The summed E-state index contributed by atoms with van der Waals surface area (Å²) < 4.78 is 0. The van der Waals surface area contributed by atoms with Gasteiger partial charge in [-0.05, 0) is 17.8 Å². The van der Waals surface area contributed by atoms with E-state index in [9.17, 15) is 0 Å². The van der Waals surface area contributed by atoms with E-state index in [1.807, 2.05) is 0 Å². The quantitative estimate of drug-likeness (QED) is 0.136. The van der Waals surface area contributed by atoms with Gasteiger partial charge in [-0.15, -0.1) is 0 Å². The van der Waals surface area contributed by atoms with Crippen LogP contribution in [-0.2, 0) is 0 Å². The third kappa shape index (κ3) is 22.7. The Bertz CT molecular complexity index is 277. The summed E-state index contributed by atoms with van der Waals surface area (Å²) >= 11 is 0. The molecular formula is C30H62. The molecule has 182 valence electrons. The molecule has 0 N–H and O–H groups in total. The van der Waals surface area contributed by atoms with Crippen LogP contribution in [0.5, 0.6) is 0 Å². The smallest absolute Gasteiger partial charge is 0.0443 e. The van der Waals surface area contributed by atoms with Crippen LogP contribution in [0.25, 0.3) is 0 Å². The number of hydrogen-bond donors (Lipinski definition) is 0. The van der Waals surface area contributed by atoms with Gasteiger partial charge >= 0.3 is 0 Å². The van der Waals surface area contributed by atoms with E-state index in [0.29, 0.717) is 0 Å². The van der Waals surface area contributed by atoms with Gasteiger partial charge in [-0.1, -0.05) is 176 Å². The van der Waals surface area contributed by atoms with Gasteiger partial charge in [0.05, 0.1) is 0 Å². The fourth-order valence-corrected chi connectivity index (χ4v) is 4.96. The highest BCUT2D eigenvalue weighted by Crippen LogP contribution is 2.23.